The lowest BCUT2D eigenvalue weighted by molar-refractivity contribution is -0.145. The van der Waals surface area contributed by atoms with E-state index >= 15 is 0 Å². The normalized spacial score (nSPS) is 15.0. The van der Waals surface area contributed by atoms with Crippen molar-refractivity contribution in [2.45, 2.75) is 26.4 Å². The fraction of sp³-hybridized carbons (Fsp3) is 0.400. The fourth-order valence-corrected chi connectivity index (χ4v) is 1.40. The predicted octanol–water partition coefficient (Wildman–Crippen LogP) is 1.24. The summed E-state index contributed by atoms with van der Waals surface area (Å²) in [6.45, 7) is 2.43. The maximum absolute atomic E-state index is 11.0. The molecule has 0 radical (unpaired) electrons. The molecule has 0 N–H and O–H groups in total. The third-order valence-electron chi connectivity index (χ3n) is 2.19. The van der Waals surface area contributed by atoms with E-state index in [-0.39, 0.29) is 5.97 Å². The first-order valence-electron chi connectivity index (χ1n) is 4.43. The number of hydrogen-bond acceptors (Lipinski definition) is 3. The van der Waals surface area contributed by atoms with Crippen molar-refractivity contribution in [2.24, 2.45) is 0 Å². The number of ether oxygens (including phenoxy) is 1. The van der Waals surface area contributed by atoms with Crippen molar-refractivity contribution in [3.63, 3.8) is 0 Å². The average molecular weight is 177 g/mol. The SMILES string of the molecule is CCc1ccc2c(n1)CC(=O)OC2. The maximum Gasteiger partial charge on any atom is 0.312 e. The average Bonchev–Trinajstić information content (AvgIpc) is 2.16. The van der Waals surface area contributed by atoms with E-state index in [1.165, 1.54) is 0 Å². The number of carbonyl (C=O) groups excluding carboxylic acids is 1. The first kappa shape index (κ1) is 8.23. The van der Waals surface area contributed by atoms with Gasteiger partial charge in [0.25, 0.3) is 0 Å². The van der Waals surface area contributed by atoms with Crippen LogP contribution in [0.25, 0.3) is 0 Å². The van der Waals surface area contributed by atoms with Gasteiger partial charge < -0.3 is 4.74 Å². The number of hydrogen-bond donors (Lipinski definition) is 0. The molecule has 2 heterocycles. The quantitative estimate of drug-likeness (QED) is 0.606. The molecule has 0 bridgehead atoms. The fourth-order valence-electron chi connectivity index (χ4n) is 1.40. The molecule has 0 aliphatic carbocycles. The number of carbonyl (C=O) groups is 1. The number of rotatable bonds is 1. The van der Waals surface area contributed by atoms with Crippen LogP contribution in [0.3, 0.4) is 0 Å². The van der Waals surface area contributed by atoms with Gasteiger partial charge in [0.05, 0.1) is 12.1 Å². The smallest absolute Gasteiger partial charge is 0.312 e. The minimum atomic E-state index is -0.173. The number of aromatic nitrogens is 1. The molecule has 3 nitrogen and oxygen atoms in total. The van der Waals surface area contributed by atoms with Crippen molar-refractivity contribution in [1.82, 2.24) is 4.98 Å². The number of fused-ring (bicyclic) bond motifs is 1. The van der Waals surface area contributed by atoms with Crippen LogP contribution in [0.4, 0.5) is 0 Å². The van der Waals surface area contributed by atoms with Crippen molar-refractivity contribution in [3.05, 3.63) is 29.1 Å². The molecular weight excluding hydrogens is 166 g/mol. The zero-order valence-corrected chi connectivity index (χ0v) is 7.54. The molecule has 0 amide bonds. The van der Waals surface area contributed by atoms with Crippen LogP contribution < -0.4 is 0 Å². The monoisotopic (exact) mass is 177 g/mol. The van der Waals surface area contributed by atoms with E-state index in [1.807, 2.05) is 12.1 Å². The zero-order valence-electron chi connectivity index (χ0n) is 7.54. The van der Waals surface area contributed by atoms with Crippen LogP contribution in [0.1, 0.15) is 23.9 Å². The van der Waals surface area contributed by atoms with Crippen LogP contribution in [-0.2, 0) is 29.0 Å². The Hall–Kier alpha value is -1.38. The number of esters is 1. The Morgan fingerprint density at radius 3 is 3.15 bits per heavy atom. The summed E-state index contributed by atoms with van der Waals surface area (Å²) in [6.07, 6.45) is 1.23. The molecule has 1 aromatic rings. The Morgan fingerprint density at radius 2 is 2.38 bits per heavy atom. The van der Waals surface area contributed by atoms with Gasteiger partial charge in [-0.1, -0.05) is 13.0 Å². The lowest BCUT2D eigenvalue weighted by Gasteiger charge is -2.15. The highest BCUT2D eigenvalue weighted by Crippen LogP contribution is 2.15. The zero-order chi connectivity index (χ0) is 9.26. The minimum absolute atomic E-state index is 0.173. The molecule has 0 aromatic carbocycles. The topological polar surface area (TPSA) is 39.2 Å². The van der Waals surface area contributed by atoms with E-state index in [4.69, 9.17) is 4.74 Å². The Balaban J connectivity index is 2.38. The molecule has 0 atom stereocenters. The van der Waals surface area contributed by atoms with Gasteiger partial charge in [-0.05, 0) is 12.5 Å². The predicted molar refractivity (Wildman–Crippen MR) is 47.1 cm³/mol. The molecule has 0 saturated heterocycles. The molecule has 68 valence electrons. The summed E-state index contributed by atoms with van der Waals surface area (Å²) in [7, 11) is 0. The third-order valence-corrected chi connectivity index (χ3v) is 2.19. The van der Waals surface area contributed by atoms with E-state index in [1.54, 1.807) is 0 Å². The number of pyridine rings is 1. The van der Waals surface area contributed by atoms with Crippen LogP contribution in [0.5, 0.6) is 0 Å². The number of aryl methyl sites for hydroxylation is 1. The molecule has 1 aliphatic heterocycles. The highest BCUT2D eigenvalue weighted by molar-refractivity contribution is 5.73. The standard InChI is InChI=1S/C10H11NO2/c1-2-8-4-3-7-6-13-10(12)5-9(7)11-8/h3-4H,2,5-6H2,1H3. The van der Waals surface area contributed by atoms with Gasteiger partial charge in [-0.25, -0.2) is 0 Å². The first-order valence-corrected chi connectivity index (χ1v) is 4.43. The summed E-state index contributed by atoms with van der Waals surface area (Å²) in [6, 6.07) is 3.98. The summed E-state index contributed by atoms with van der Waals surface area (Å²) in [4.78, 5) is 15.3. The van der Waals surface area contributed by atoms with E-state index < -0.39 is 0 Å². The largest absolute Gasteiger partial charge is 0.460 e. The Bertz CT molecular complexity index is 347. The molecule has 0 unspecified atom stereocenters. The van der Waals surface area contributed by atoms with Gasteiger partial charge in [0.2, 0.25) is 0 Å². The van der Waals surface area contributed by atoms with Crippen molar-refractivity contribution in [1.29, 1.82) is 0 Å². The number of cyclic esters (lactones) is 1. The second kappa shape index (κ2) is 3.17. The van der Waals surface area contributed by atoms with Crippen LogP contribution in [0, 0.1) is 0 Å². The number of nitrogens with zero attached hydrogens (tertiary/aromatic N) is 1. The first-order chi connectivity index (χ1) is 6.29. The molecule has 1 aromatic heterocycles. The summed E-state index contributed by atoms with van der Waals surface area (Å²) >= 11 is 0. The summed E-state index contributed by atoms with van der Waals surface area (Å²) in [5, 5.41) is 0. The maximum atomic E-state index is 11.0. The molecular formula is C10H11NO2. The minimum Gasteiger partial charge on any atom is -0.460 e. The second-order valence-electron chi connectivity index (χ2n) is 3.10. The molecule has 0 spiro atoms. The third kappa shape index (κ3) is 1.54. The van der Waals surface area contributed by atoms with Gasteiger partial charge in [-0.2, -0.15) is 0 Å². The highest BCUT2D eigenvalue weighted by Gasteiger charge is 2.17. The summed E-state index contributed by atoms with van der Waals surface area (Å²) in [5.74, 6) is -0.173. The second-order valence-corrected chi connectivity index (χ2v) is 3.10. The molecule has 13 heavy (non-hydrogen) atoms. The molecule has 2 rings (SSSR count). The Kier molecular flexibility index (Phi) is 2.00. The Morgan fingerprint density at radius 1 is 1.54 bits per heavy atom. The van der Waals surface area contributed by atoms with Crippen molar-refractivity contribution in [3.8, 4) is 0 Å². The van der Waals surface area contributed by atoms with E-state index in [9.17, 15) is 4.79 Å². The van der Waals surface area contributed by atoms with Crippen LogP contribution in [-0.4, -0.2) is 11.0 Å². The van der Waals surface area contributed by atoms with Gasteiger partial charge in [0.1, 0.15) is 6.61 Å². The van der Waals surface area contributed by atoms with Crippen molar-refractivity contribution < 1.29 is 9.53 Å². The van der Waals surface area contributed by atoms with E-state index in [0.29, 0.717) is 13.0 Å². The highest BCUT2D eigenvalue weighted by atomic mass is 16.5. The van der Waals surface area contributed by atoms with Gasteiger partial charge in [-0.15, -0.1) is 0 Å². The Labute approximate surface area is 76.7 Å². The molecule has 1 aliphatic rings. The lowest BCUT2D eigenvalue weighted by Crippen LogP contribution is -2.18. The van der Waals surface area contributed by atoms with Crippen LogP contribution in [0.15, 0.2) is 12.1 Å². The summed E-state index contributed by atoms with van der Waals surface area (Å²) < 4.78 is 4.90. The molecule has 0 saturated carbocycles. The van der Waals surface area contributed by atoms with Crippen LogP contribution in [0.2, 0.25) is 0 Å². The van der Waals surface area contributed by atoms with Crippen molar-refractivity contribution in [2.75, 3.05) is 0 Å². The van der Waals surface area contributed by atoms with Crippen molar-refractivity contribution >= 4 is 5.97 Å². The molecule has 0 fully saturated rings. The van der Waals surface area contributed by atoms with Gasteiger partial charge in [-0.3, -0.25) is 9.78 Å². The summed E-state index contributed by atoms with van der Waals surface area (Å²) in [5.41, 5.74) is 2.96. The molecule has 3 heteroatoms. The lowest BCUT2D eigenvalue weighted by atomic mass is 10.1. The van der Waals surface area contributed by atoms with Gasteiger partial charge >= 0.3 is 5.97 Å². The van der Waals surface area contributed by atoms with Gasteiger partial charge in [0, 0.05) is 11.3 Å². The van der Waals surface area contributed by atoms with E-state index in [0.717, 1.165) is 23.4 Å². The van der Waals surface area contributed by atoms with E-state index in [2.05, 4.69) is 11.9 Å². The van der Waals surface area contributed by atoms with Crippen LogP contribution >= 0.6 is 0 Å². The van der Waals surface area contributed by atoms with Gasteiger partial charge in [0.15, 0.2) is 0 Å².